The average molecular weight is 497 g/mol. The van der Waals surface area contributed by atoms with Crippen molar-refractivity contribution < 1.29 is 23.9 Å². The first-order chi connectivity index (χ1) is 17.2. The average Bonchev–Trinajstić information content (AvgIpc) is 2.83. The Balaban J connectivity index is 1.30. The third kappa shape index (κ3) is 6.01. The van der Waals surface area contributed by atoms with Crippen LogP contribution in [0.15, 0.2) is 24.3 Å². The van der Waals surface area contributed by atoms with Gasteiger partial charge in [0.05, 0.1) is 12.1 Å². The van der Waals surface area contributed by atoms with Gasteiger partial charge in [0, 0.05) is 25.2 Å². The van der Waals surface area contributed by atoms with E-state index in [9.17, 15) is 23.9 Å². The van der Waals surface area contributed by atoms with Crippen LogP contribution in [0, 0.1) is 25.6 Å². The first-order valence-electron chi connectivity index (χ1n) is 12.5. The lowest BCUT2D eigenvalue weighted by molar-refractivity contribution is -0.140. The molecule has 9 heteroatoms. The van der Waals surface area contributed by atoms with Crippen molar-refractivity contribution in [2.75, 3.05) is 25.0 Å². The molecule has 3 N–H and O–H groups in total. The number of benzene rings is 1. The van der Waals surface area contributed by atoms with Crippen molar-refractivity contribution in [2.45, 2.75) is 58.4 Å². The van der Waals surface area contributed by atoms with Gasteiger partial charge in [-0.15, -0.1) is 0 Å². The molecule has 1 aromatic carbocycles. The van der Waals surface area contributed by atoms with Gasteiger partial charge >= 0.3 is 5.97 Å². The van der Waals surface area contributed by atoms with Gasteiger partial charge in [-0.3, -0.25) is 9.59 Å². The number of fused-ring (bicyclic) bond motifs is 1. The van der Waals surface area contributed by atoms with Crippen molar-refractivity contribution in [3.8, 4) is 0 Å². The number of carbonyl (C=O) groups is 3. The van der Waals surface area contributed by atoms with E-state index in [2.05, 4.69) is 15.6 Å². The van der Waals surface area contributed by atoms with Crippen molar-refractivity contribution in [2.24, 2.45) is 5.92 Å². The van der Waals surface area contributed by atoms with Gasteiger partial charge < -0.3 is 20.6 Å². The standard InChI is InChI=1S/C27H33FN4O4/c1-16-12-20(28)13-17(2)24(16)26(34)31-22(27(35)36)14-18-7-10-32(11-8-18)23(33)15-21-6-5-19-4-3-9-29-25(19)30-21/h5-6,12-13,18,22H,3-4,7-11,14-15H2,1-2H3,(H,29,30)(H,31,34)(H,35,36). The maximum absolute atomic E-state index is 13.6. The molecule has 2 amide bonds. The Morgan fingerprint density at radius 2 is 1.89 bits per heavy atom. The summed E-state index contributed by atoms with van der Waals surface area (Å²) >= 11 is 0. The fourth-order valence-corrected chi connectivity index (χ4v) is 5.21. The number of aliphatic carboxylic acids is 1. The molecule has 1 aromatic heterocycles. The largest absolute Gasteiger partial charge is 0.480 e. The van der Waals surface area contributed by atoms with Crippen LogP contribution in [-0.4, -0.2) is 58.5 Å². The highest BCUT2D eigenvalue weighted by Gasteiger charge is 2.30. The molecule has 1 unspecified atom stereocenters. The highest BCUT2D eigenvalue weighted by Crippen LogP contribution is 2.24. The number of aromatic nitrogens is 1. The van der Waals surface area contributed by atoms with Crippen LogP contribution >= 0.6 is 0 Å². The number of carboxylic acids is 1. The summed E-state index contributed by atoms with van der Waals surface area (Å²) in [6.45, 7) is 5.24. The molecule has 2 aromatic rings. The van der Waals surface area contributed by atoms with Gasteiger partial charge in [0.25, 0.3) is 5.91 Å². The molecule has 36 heavy (non-hydrogen) atoms. The number of amides is 2. The molecule has 1 saturated heterocycles. The summed E-state index contributed by atoms with van der Waals surface area (Å²) in [6, 6.07) is 5.43. The van der Waals surface area contributed by atoms with E-state index in [1.54, 1.807) is 13.8 Å². The second kappa shape index (κ2) is 11.1. The van der Waals surface area contributed by atoms with Crippen molar-refractivity contribution in [3.05, 3.63) is 58.0 Å². The van der Waals surface area contributed by atoms with Crippen LogP contribution in [0.25, 0.3) is 0 Å². The maximum atomic E-state index is 13.6. The normalized spacial score (nSPS) is 16.6. The Kier molecular flexibility index (Phi) is 7.86. The number of carboxylic acid groups (broad SMARTS) is 1. The van der Waals surface area contributed by atoms with Gasteiger partial charge in [-0.1, -0.05) is 6.07 Å². The predicted molar refractivity (Wildman–Crippen MR) is 133 cm³/mol. The van der Waals surface area contributed by atoms with E-state index in [4.69, 9.17) is 0 Å². The van der Waals surface area contributed by atoms with Gasteiger partial charge in [0.1, 0.15) is 17.7 Å². The van der Waals surface area contributed by atoms with Crippen LogP contribution < -0.4 is 10.6 Å². The summed E-state index contributed by atoms with van der Waals surface area (Å²) in [5, 5.41) is 15.6. The zero-order chi connectivity index (χ0) is 25.8. The summed E-state index contributed by atoms with van der Waals surface area (Å²) in [7, 11) is 0. The topological polar surface area (TPSA) is 112 Å². The van der Waals surface area contributed by atoms with E-state index in [0.717, 1.165) is 30.9 Å². The Bertz CT molecular complexity index is 1140. The van der Waals surface area contributed by atoms with Crippen molar-refractivity contribution in [1.29, 1.82) is 0 Å². The van der Waals surface area contributed by atoms with E-state index in [1.807, 2.05) is 17.0 Å². The number of carbonyl (C=O) groups excluding carboxylic acids is 2. The van der Waals surface area contributed by atoms with Gasteiger partial charge in [0.2, 0.25) is 5.91 Å². The Labute approximate surface area is 210 Å². The van der Waals surface area contributed by atoms with Gasteiger partial charge in [-0.2, -0.15) is 0 Å². The molecule has 0 radical (unpaired) electrons. The van der Waals surface area contributed by atoms with E-state index in [-0.39, 0.29) is 24.7 Å². The van der Waals surface area contributed by atoms with Gasteiger partial charge in [-0.05, 0) is 86.8 Å². The molecule has 0 saturated carbocycles. The zero-order valence-corrected chi connectivity index (χ0v) is 20.8. The minimum absolute atomic E-state index is 0.0158. The zero-order valence-electron chi connectivity index (χ0n) is 20.8. The van der Waals surface area contributed by atoms with Crippen LogP contribution in [0.1, 0.15) is 58.4 Å². The number of hydrogen-bond donors (Lipinski definition) is 3. The number of pyridine rings is 1. The van der Waals surface area contributed by atoms with E-state index < -0.39 is 23.7 Å². The predicted octanol–water partition coefficient (Wildman–Crippen LogP) is 3.25. The molecule has 8 nitrogen and oxygen atoms in total. The van der Waals surface area contributed by atoms with Crippen LogP contribution in [-0.2, 0) is 22.4 Å². The van der Waals surface area contributed by atoms with Crippen LogP contribution in [0.2, 0.25) is 0 Å². The van der Waals surface area contributed by atoms with Gasteiger partial charge in [-0.25, -0.2) is 14.2 Å². The van der Waals surface area contributed by atoms with E-state index >= 15 is 0 Å². The Hall–Kier alpha value is -3.49. The molecule has 0 spiro atoms. The van der Waals surface area contributed by atoms with Crippen molar-refractivity contribution >= 4 is 23.6 Å². The minimum atomic E-state index is -1.11. The number of aryl methyl sites for hydroxylation is 3. The second-order valence-corrected chi connectivity index (χ2v) is 9.86. The molecule has 0 aliphatic carbocycles. The second-order valence-electron chi connectivity index (χ2n) is 9.86. The summed E-state index contributed by atoms with van der Waals surface area (Å²) in [5.74, 6) is -1.10. The Morgan fingerprint density at radius 1 is 1.19 bits per heavy atom. The third-order valence-corrected chi connectivity index (χ3v) is 7.15. The first kappa shape index (κ1) is 25.6. The van der Waals surface area contributed by atoms with E-state index in [0.29, 0.717) is 42.6 Å². The smallest absolute Gasteiger partial charge is 0.326 e. The van der Waals surface area contributed by atoms with Gasteiger partial charge in [0.15, 0.2) is 0 Å². The number of nitrogens with one attached hydrogen (secondary N) is 2. The molecule has 3 heterocycles. The van der Waals surface area contributed by atoms with Crippen molar-refractivity contribution in [1.82, 2.24) is 15.2 Å². The lowest BCUT2D eigenvalue weighted by Crippen LogP contribution is -2.45. The van der Waals surface area contributed by atoms with Crippen LogP contribution in [0.3, 0.4) is 0 Å². The monoisotopic (exact) mass is 496 g/mol. The van der Waals surface area contributed by atoms with Crippen LogP contribution in [0.4, 0.5) is 10.2 Å². The summed E-state index contributed by atoms with van der Waals surface area (Å²) in [6.07, 6.45) is 3.93. The fraction of sp³-hybridized carbons (Fsp3) is 0.481. The summed E-state index contributed by atoms with van der Waals surface area (Å²) < 4.78 is 13.6. The molecule has 1 fully saturated rings. The number of anilines is 1. The highest BCUT2D eigenvalue weighted by molar-refractivity contribution is 5.99. The first-order valence-corrected chi connectivity index (χ1v) is 12.5. The van der Waals surface area contributed by atoms with Crippen LogP contribution in [0.5, 0.6) is 0 Å². The minimum Gasteiger partial charge on any atom is -0.480 e. The molecule has 1 atom stereocenters. The lowest BCUT2D eigenvalue weighted by atomic mass is 9.89. The number of nitrogens with zero attached hydrogens (tertiary/aromatic N) is 2. The quantitative estimate of drug-likeness (QED) is 0.543. The molecular weight excluding hydrogens is 463 g/mol. The summed E-state index contributed by atoms with van der Waals surface area (Å²) in [5.41, 5.74) is 3.16. The Morgan fingerprint density at radius 3 is 2.56 bits per heavy atom. The number of halogens is 1. The maximum Gasteiger partial charge on any atom is 0.326 e. The highest BCUT2D eigenvalue weighted by atomic mass is 19.1. The fourth-order valence-electron chi connectivity index (χ4n) is 5.21. The number of rotatable bonds is 7. The number of piperidine rings is 1. The lowest BCUT2D eigenvalue weighted by Gasteiger charge is -2.33. The molecule has 0 bridgehead atoms. The van der Waals surface area contributed by atoms with Crippen molar-refractivity contribution in [3.63, 3.8) is 0 Å². The molecule has 2 aliphatic heterocycles. The number of hydrogen-bond acceptors (Lipinski definition) is 5. The molecule has 2 aliphatic rings. The SMILES string of the molecule is Cc1cc(F)cc(C)c1C(=O)NC(CC1CCN(C(=O)Cc2ccc3c(n2)NCCC3)CC1)C(=O)O. The number of likely N-dealkylation sites (tertiary alicyclic amines) is 1. The molecule has 192 valence electrons. The summed E-state index contributed by atoms with van der Waals surface area (Å²) in [4.78, 5) is 44.0. The third-order valence-electron chi connectivity index (χ3n) is 7.15. The molecular formula is C27H33FN4O4. The molecule has 4 rings (SSSR count). The van der Waals surface area contributed by atoms with E-state index in [1.165, 1.54) is 17.7 Å².